The van der Waals surface area contributed by atoms with Crippen molar-refractivity contribution in [3.8, 4) is 0 Å². The lowest BCUT2D eigenvalue weighted by molar-refractivity contribution is -0.540. The van der Waals surface area contributed by atoms with E-state index in [4.69, 9.17) is 4.74 Å². The first kappa shape index (κ1) is 19.0. The van der Waals surface area contributed by atoms with Crippen LogP contribution in [0.1, 0.15) is 39.2 Å². The molecule has 136 valence electrons. The quantitative estimate of drug-likeness (QED) is 0.357. The summed E-state index contributed by atoms with van der Waals surface area (Å²) < 4.78 is 5.03. The summed E-state index contributed by atoms with van der Waals surface area (Å²) in [7, 11) is 0. The SMILES string of the molecule is CC(C)(C)OC(=O)[C@@]1(O)C(=O)[C@](C)(O)[C@H](c2ccccc2)[C@H]1[N+](=O)[O-]. The Bertz CT molecular complexity index is 707. The number of carbonyl (C=O) groups is 2. The topological polar surface area (TPSA) is 127 Å². The summed E-state index contributed by atoms with van der Waals surface area (Å²) in [6.45, 7) is 5.57. The van der Waals surface area contributed by atoms with Gasteiger partial charge in [0.2, 0.25) is 5.78 Å². The molecule has 0 spiro atoms. The van der Waals surface area contributed by atoms with Gasteiger partial charge in [-0.25, -0.2) is 4.79 Å². The molecule has 1 fully saturated rings. The molecule has 0 unspecified atom stereocenters. The molecule has 0 amide bonds. The van der Waals surface area contributed by atoms with Crippen molar-refractivity contribution in [2.45, 2.75) is 56.5 Å². The van der Waals surface area contributed by atoms with Gasteiger partial charge < -0.3 is 14.9 Å². The van der Waals surface area contributed by atoms with E-state index in [-0.39, 0.29) is 5.56 Å². The molecule has 0 heterocycles. The van der Waals surface area contributed by atoms with Crippen molar-refractivity contribution in [3.63, 3.8) is 0 Å². The molecule has 1 saturated carbocycles. The molecule has 8 nitrogen and oxygen atoms in total. The summed E-state index contributed by atoms with van der Waals surface area (Å²) in [6, 6.07) is 5.73. The second kappa shape index (κ2) is 5.89. The summed E-state index contributed by atoms with van der Waals surface area (Å²) in [5, 5.41) is 33.1. The van der Waals surface area contributed by atoms with Crippen molar-refractivity contribution in [1.29, 1.82) is 0 Å². The Balaban J connectivity index is 2.63. The lowest BCUT2D eigenvalue weighted by Gasteiger charge is -2.27. The molecule has 1 aliphatic carbocycles. The average molecular weight is 351 g/mol. The Labute approximate surface area is 144 Å². The minimum Gasteiger partial charge on any atom is -0.457 e. The number of nitrogens with zero attached hydrogens (tertiary/aromatic N) is 1. The van der Waals surface area contributed by atoms with E-state index in [1.54, 1.807) is 18.2 Å². The highest BCUT2D eigenvalue weighted by atomic mass is 16.6. The van der Waals surface area contributed by atoms with Crippen molar-refractivity contribution in [2.24, 2.45) is 0 Å². The molecule has 0 radical (unpaired) electrons. The minimum atomic E-state index is -3.08. The summed E-state index contributed by atoms with van der Waals surface area (Å²) in [5.74, 6) is -4.19. The Morgan fingerprint density at radius 2 is 1.76 bits per heavy atom. The summed E-state index contributed by atoms with van der Waals surface area (Å²) in [6.07, 6.45) is 0. The largest absolute Gasteiger partial charge is 0.457 e. The van der Waals surface area contributed by atoms with E-state index in [0.29, 0.717) is 0 Å². The molecule has 0 bridgehead atoms. The van der Waals surface area contributed by atoms with Gasteiger partial charge in [-0.2, -0.15) is 0 Å². The number of benzene rings is 1. The average Bonchev–Trinajstić information content (AvgIpc) is 2.65. The number of Topliss-reactive ketones (excluding diaryl/α,β-unsaturated/α-hetero) is 1. The van der Waals surface area contributed by atoms with Crippen LogP contribution in [0.5, 0.6) is 0 Å². The van der Waals surface area contributed by atoms with Gasteiger partial charge in [-0.3, -0.25) is 14.9 Å². The van der Waals surface area contributed by atoms with Gasteiger partial charge in [-0.15, -0.1) is 0 Å². The molecule has 2 N–H and O–H groups in total. The van der Waals surface area contributed by atoms with Gasteiger partial charge in [0.25, 0.3) is 11.6 Å². The summed E-state index contributed by atoms with van der Waals surface area (Å²) >= 11 is 0. The Hall–Kier alpha value is -2.32. The van der Waals surface area contributed by atoms with Gasteiger partial charge in [0, 0.05) is 4.92 Å². The Kier molecular flexibility index (Phi) is 4.48. The first-order valence-corrected chi connectivity index (χ1v) is 7.75. The molecule has 1 aliphatic rings. The number of nitro groups is 1. The number of ketones is 1. The lowest BCUT2D eigenvalue weighted by Crippen LogP contribution is -2.58. The molecule has 1 aromatic rings. The van der Waals surface area contributed by atoms with Crippen LogP contribution in [0, 0.1) is 10.1 Å². The van der Waals surface area contributed by atoms with Crippen LogP contribution in [0.4, 0.5) is 0 Å². The lowest BCUT2D eigenvalue weighted by atomic mass is 9.84. The van der Waals surface area contributed by atoms with Crippen LogP contribution in [0.2, 0.25) is 0 Å². The minimum absolute atomic E-state index is 0.266. The molecule has 0 aromatic heterocycles. The standard InChI is InChI=1S/C17H21NO7/c1-15(2,3)25-14(20)17(22)12(18(23)24)11(16(4,21)13(17)19)10-8-6-5-7-9-10/h5-9,11-12,21-22H,1-4H3/t11-,12-,16-,17+/m1/s1. The number of hydrogen-bond donors (Lipinski definition) is 2. The Morgan fingerprint density at radius 3 is 2.20 bits per heavy atom. The fourth-order valence-electron chi connectivity index (χ4n) is 3.22. The number of ether oxygens (including phenoxy) is 1. The van der Waals surface area contributed by atoms with Crippen LogP contribution in [0.15, 0.2) is 30.3 Å². The van der Waals surface area contributed by atoms with E-state index in [1.807, 2.05) is 0 Å². The zero-order valence-electron chi connectivity index (χ0n) is 14.4. The maximum atomic E-state index is 12.7. The predicted molar refractivity (Wildman–Crippen MR) is 86.4 cm³/mol. The maximum absolute atomic E-state index is 12.7. The van der Waals surface area contributed by atoms with E-state index in [9.17, 15) is 29.9 Å². The van der Waals surface area contributed by atoms with Gasteiger partial charge in [0.05, 0.1) is 5.92 Å². The van der Waals surface area contributed by atoms with Crippen molar-refractivity contribution in [2.75, 3.05) is 0 Å². The van der Waals surface area contributed by atoms with Gasteiger partial charge >= 0.3 is 5.97 Å². The predicted octanol–water partition coefficient (Wildman–Crippen LogP) is 0.822. The number of aliphatic hydroxyl groups is 2. The molecule has 25 heavy (non-hydrogen) atoms. The highest BCUT2D eigenvalue weighted by Gasteiger charge is 2.76. The van der Waals surface area contributed by atoms with E-state index >= 15 is 0 Å². The monoisotopic (exact) mass is 351 g/mol. The third-order valence-electron chi connectivity index (χ3n) is 4.25. The third-order valence-corrected chi connectivity index (χ3v) is 4.25. The highest BCUT2D eigenvalue weighted by Crippen LogP contribution is 2.47. The van der Waals surface area contributed by atoms with Crippen LogP contribution in [-0.4, -0.2) is 49.7 Å². The van der Waals surface area contributed by atoms with E-state index in [2.05, 4.69) is 0 Å². The normalized spacial score (nSPS) is 32.5. The van der Waals surface area contributed by atoms with E-state index < -0.39 is 45.4 Å². The van der Waals surface area contributed by atoms with Crippen molar-refractivity contribution >= 4 is 11.8 Å². The van der Waals surface area contributed by atoms with Gasteiger partial charge in [0.1, 0.15) is 11.2 Å². The van der Waals surface area contributed by atoms with Gasteiger partial charge in [-0.05, 0) is 33.3 Å². The van der Waals surface area contributed by atoms with Crippen molar-refractivity contribution < 1.29 is 29.5 Å². The Morgan fingerprint density at radius 1 is 1.24 bits per heavy atom. The van der Waals surface area contributed by atoms with Crippen LogP contribution in [0.3, 0.4) is 0 Å². The molecule has 2 rings (SSSR count). The zero-order valence-corrected chi connectivity index (χ0v) is 14.4. The van der Waals surface area contributed by atoms with Crippen molar-refractivity contribution in [1.82, 2.24) is 0 Å². The molecule has 0 aliphatic heterocycles. The highest BCUT2D eigenvalue weighted by molar-refractivity contribution is 6.14. The number of hydrogen-bond acceptors (Lipinski definition) is 7. The zero-order chi connectivity index (χ0) is 19.2. The molecule has 1 aromatic carbocycles. The molecule has 4 atom stereocenters. The summed E-state index contributed by atoms with van der Waals surface area (Å²) in [4.78, 5) is 35.9. The fourth-order valence-corrected chi connectivity index (χ4v) is 3.22. The van der Waals surface area contributed by atoms with Gasteiger partial charge in [-0.1, -0.05) is 30.3 Å². The first-order chi connectivity index (χ1) is 11.3. The molecule has 0 saturated heterocycles. The third kappa shape index (κ3) is 3.03. The number of esters is 1. The van der Waals surface area contributed by atoms with Crippen molar-refractivity contribution in [3.05, 3.63) is 46.0 Å². The summed E-state index contributed by atoms with van der Waals surface area (Å²) in [5.41, 5.74) is -6.21. The molecular weight excluding hydrogens is 330 g/mol. The smallest absolute Gasteiger partial charge is 0.354 e. The van der Waals surface area contributed by atoms with E-state index in [1.165, 1.54) is 32.9 Å². The van der Waals surface area contributed by atoms with Crippen LogP contribution in [-0.2, 0) is 14.3 Å². The first-order valence-electron chi connectivity index (χ1n) is 7.75. The second-order valence-electron chi connectivity index (χ2n) is 7.36. The second-order valence-corrected chi connectivity index (χ2v) is 7.36. The van der Waals surface area contributed by atoms with E-state index in [0.717, 1.165) is 6.92 Å². The fraction of sp³-hybridized carbons (Fsp3) is 0.529. The number of carbonyl (C=O) groups excluding carboxylic acids is 2. The van der Waals surface area contributed by atoms with Gasteiger partial charge in [0.15, 0.2) is 0 Å². The van der Waals surface area contributed by atoms with Crippen LogP contribution < -0.4 is 0 Å². The van der Waals surface area contributed by atoms with Crippen LogP contribution in [0.25, 0.3) is 0 Å². The number of rotatable bonds is 3. The van der Waals surface area contributed by atoms with Crippen LogP contribution >= 0.6 is 0 Å². The molecular formula is C17H21NO7. The molecule has 8 heteroatoms. The maximum Gasteiger partial charge on any atom is 0.354 e.